The van der Waals surface area contributed by atoms with Gasteiger partial charge in [0, 0.05) is 6.61 Å². The quantitative estimate of drug-likeness (QED) is 0.777. The first-order chi connectivity index (χ1) is 11.8. The van der Waals surface area contributed by atoms with Gasteiger partial charge in [0.1, 0.15) is 37.7 Å². The summed E-state index contributed by atoms with van der Waals surface area (Å²) in [5.74, 6) is 0.785. The van der Waals surface area contributed by atoms with Gasteiger partial charge in [-0.15, -0.1) is 0 Å². The van der Waals surface area contributed by atoms with E-state index in [1.54, 1.807) is 0 Å². The number of quaternary nitrogens is 1. The zero-order valence-corrected chi connectivity index (χ0v) is 13.9. The lowest BCUT2D eigenvalue weighted by atomic mass is 10.1. The van der Waals surface area contributed by atoms with E-state index >= 15 is 0 Å². The standard InChI is InChI=1S/C20H25NO3/c22-18(13-21-14-20-7-4-12-23-20)15-24-19-10-8-17(9-11-19)16-5-2-1-3-6-16/h1-3,5-6,8-11,18,20-22H,4,7,12-15H2/p+1/t18-,20+/m0/s1. The molecular formula is C20H26NO3+. The van der Waals surface area contributed by atoms with Crippen LogP contribution >= 0.6 is 0 Å². The molecule has 2 atom stereocenters. The van der Waals surface area contributed by atoms with Crippen molar-refractivity contribution in [1.29, 1.82) is 0 Å². The van der Waals surface area contributed by atoms with Crippen LogP contribution < -0.4 is 10.1 Å². The zero-order valence-electron chi connectivity index (χ0n) is 13.9. The fraction of sp³-hybridized carbons (Fsp3) is 0.400. The van der Waals surface area contributed by atoms with Crippen LogP contribution in [0.4, 0.5) is 0 Å². The Morgan fingerprint density at radius 3 is 2.54 bits per heavy atom. The van der Waals surface area contributed by atoms with E-state index in [2.05, 4.69) is 17.4 Å². The summed E-state index contributed by atoms with van der Waals surface area (Å²) >= 11 is 0. The molecule has 0 aromatic heterocycles. The number of hydrogen-bond donors (Lipinski definition) is 2. The van der Waals surface area contributed by atoms with Crippen LogP contribution in [-0.2, 0) is 4.74 Å². The van der Waals surface area contributed by atoms with Crippen molar-refractivity contribution in [1.82, 2.24) is 0 Å². The summed E-state index contributed by atoms with van der Waals surface area (Å²) in [5.41, 5.74) is 2.35. The van der Waals surface area contributed by atoms with Gasteiger partial charge in [0.25, 0.3) is 0 Å². The van der Waals surface area contributed by atoms with E-state index in [0.29, 0.717) is 19.3 Å². The predicted octanol–water partition coefficient (Wildman–Crippen LogP) is 1.84. The molecule has 4 heteroatoms. The monoisotopic (exact) mass is 328 g/mol. The van der Waals surface area contributed by atoms with Crippen LogP contribution in [0.15, 0.2) is 54.6 Å². The maximum Gasteiger partial charge on any atom is 0.137 e. The highest BCUT2D eigenvalue weighted by Crippen LogP contribution is 2.22. The smallest absolute Gasteiger partial charge is 0.137 e. The lowest BCUT2D eigenvalue weighted by Gasteiger charge is -2.13. The molecule has 0 saturated carbocycles. The van der Waals surface area contributed by atoms with Crippen LogP contribution in [-0.4, -0.2) is 43.6 Å². The van der Waals surface area contributed by atoms with Gasteiger partial charge in [-0.3, -0.25) is 0 Å². The molecule has 1 heterocycles. The molecule has 1 aliphatic rings. The van der Waals surface area contributed by atoms with Crippen LogP contribution in [0, 0.1) is 0 Å². The molecule has 0 bridgehead atoms. The maximum atomic E-state index is 10.0. The van der Waals surface area contributed by atoms with Crippen molar-refractivity contribution in [2.45, 2.75) is 25.0 Å². The maximum absolute atomic E-state index is 10.0. The first-order valence-corrected chi connectivity index (χ1v) is 8.71. The molecule has 3 N–H and O–H groups in total. The third kappa shape index (κ3) is 5.06. The highest BCUT2D eigenvalue weighted by atomic mass is 16.5. The number of nitrogens with two attached hydrogens (primary N) is 1. The van der Waals surface area contributed by atoms with Gasteiger partial charge in [0.15, 0.2) is 0 Å². The van der Waals surface area contributed by atoms with Gasteiger partial charge in [-0.2, -0.15) is 0 Å². The van der Waals surface area contributed by atoms with Gasteiger partial charge in [-0.25, -0.2) is 0 Å². The van der Waals surface area contributed by atoms with E-state index in [0.717, 1.165) is 37.3 Å². The number of aliphatic hydroxyl groups excluding tert-OH is 1. The van der Waals surface area contributed by atoms with Gasteiger partial charge in [-0.1, -0.05) is 42.5 Å². The molecule has 0 aliphatic carbocycles. The molecule has 2 aromatic carbocycles. The molecule has 3 rings (SSSR count). The minimum atomic E-state index is -0.472. The third-order valence-electron chi connectivity index (χ3n) is 4.30. The van der Waals surface area contributed by atoms with Crippen LogP contribution in [0.5, 0.6) is 5.75 Å². The average Bonchev–Trinajstić information content (AvgIpc) is 3.15. The fourth-order valence-corrected chi connectivity index (χ4v) is 2.94. The van der Waals surface area contributed by atoms with Crippen molar-refractivity contribution in [3.8, 4) is 16.9 Å². The summed E-state index contributed by atoms with van der Waals surface area (Å²) in [6.45, 7) is 2.75. The number of ether oxygens (including phenoxy) is 2. The lowest BCUT2D eigenvalue weighted by Crippen LogP contribution is -2.88. The Morgan fingerprint density at radius 1 is 1.08 bits per heavy atom. The Morgan fingerprint density at radius 2 is 1.83 bits per heavy atom. The summed E-state index contributed by atoms with van der Waals surface area (Å²) in [6, 6.07) is 18.2. The van der Waals surface area contributed by atoms with E-state index in [9.17, 15) is 5.11 Å². The van der Waals surface area contributed by atoms with E-state index in [-0.39, 0.29) is 0 Å². The van der Waals surface area contributed by atoms with Crippen LogP contribution in [0.3, 0.4) is 0 Å². The Labute approximate surface area is 143 Å². The summed E-state index contributed by atoms with van der Waals surface area (Å²) < 4.78 is 11.2. The Hall–Kier alpha value is -1.88. The lowest BCUT2D eigenvalue weighted by molar-refractivity contribution is -0.666. The minimum Gasteiger partial charge on any atom is -0.491 e. The molecule has 0 radical (unpaired) electrons. The van der Waals surface area contributed by atoms with E-state index in [4.69, 9.17) is 9.47 Å². The van der Waals surface area contributed by atoms with Gasteiger partial charge >= 0.3 is 0 Å². The average molecular weight is 328 g/mol. The Bertz CT molecular complexity index is 594. The van der Waals surface area contributed by atoms with Gasteiger partial charge < -0.3 is 19.9 Å². The van der Waals surface area contributed by atoms with E-state index < -0.39 is 6.10 Å². The molecule has 128 valence electrons. The summed E-state index contributed by atoms with van der Waals surface area (Å²) in [7, 11) is 0. The molecule has 24 heavy (non-hydrogen) atoms. The second kappa shape index (κ2) is 8.83. The van der Waals surface area contributed by atoms with Crippen molar-refractivity contribution >= 4 is 0 Å². The molecule has 0 spiro atoms. The SMILES string of the molecule is O[C@@H](C[NH2+]C[C@H]1CCCO1)COc1ccc(-c2ccccc2)cc1. The number of benzene rings is 2. The molecule has 4 nitrogen and oxygen atoms in total. The second-order valence-electron chi connectivity index (χ2n) is 6.25. The molecular weight excluding hydrogens is 302 g/mol. The van der Waals surface area contributed by atoms with Crippen LogP contribution in [0.2, 0.25) is 0 Å². The van der Waals surface area contributed by atoms with E-state index in [1.807, 2.05) is 42.5 Å². The molecule has 0 unspecified atom stereocenters. The van der Waals surface area contributed by atoms with Crippen molar-refractivity contribution in [3.63, 3.8) is 0 Å². The molecule has 1 aliphatic heterocycles. The molecule has 1 fully saturated rings. The summed E-state index contributed by atoms with van der Waals surface area (Å²) in [5, 5.41) is 12.1. The Kier molecular flexibility index (Phi) is 6.24. The topological polar surface area (TPSA) is 55.3 Å². The first-order valence-electron chi connectivity index (χ1n) is 8.71. The van der Waals surface area contributed by atoms with Crippen molar-refractivity contribution < 1.29 is 19.9 Å². The zero-order chi connectivity index (χ0) is 16.6. The summed E-state index contributed by atoms with van der Waals surface area (Å²) in [4.78, 5) is 0. The molecule has 1 saturated heterocycles. The van der Waals surface area contributed by atoms with Gasteiger partial charge in [0.05, 0.1) is 0 Å². The van der Waals surface area contributed by atoms with Gasteiger partial charge in [-0.05, 0) is 36.1 Å². The highest BCUT2D eigenvalue weighted by molar-refractivity contribution is 5.63. The first kappa shape index (κ1) is 17.0. The normalized spacial score (nSPS) is 18.5. The second-order valence-corrected chi connectivity index (χ2v) is 6.25. The van der Waals surface area contributed by atoms with Gasteiger partial charge in [0.2, 0.25) is 0 Å². The number of rotatable bonds is 8. The fourth-order valence-electron chi connectivity index (χ4n) is 2.94. The molecule has 0 amide bonds. The highest BCUT2D eigenvalue weighted by Gasteiger charge is 2.17. The van der Waals surface area contributed by atoms with Crippen molar-refractivity contribution in [3.05, 3.63) is 54.6 Å². The van der Waals surface area contributed by atoms with Crippen molar-refractivity contribution in [2.24, 2.45) is 0 Å². The molecule has 2 aromatic rings. The third-order valence-corrected chi connectivity index (χ3v) is 4.30. The van der Waals surface area contributed by atoms with Crippen LogP contribution in [0.25, 0.3) is 11.1 Å². The number of aliphatic hydroxyl groups is 1. The largest absolute Gasteiger partial charge is 0.491 e. The Balaban J connectivity index is 1.39. The van der Waals surface area contributed by atoms with Crippen molar-refractivity contribution in [2.75, 3.05) is 26.3 Å². The summed E-state index contributed by atoms with van der Waals surface area (Å²) in [6.07, 6.45) is 2.17. The number of hydrogen-bond acceptors (Lipinski definition) is 3. The van der Waals surface area contributed by atoms with Crippen LogP contribution in [0.1, 0.15) is 12.8 Å². The minimum absolute atomic E-state index is 0.312. The van der Waals surface area contributed by atoms with E-state index in [1.165, 1.54) is 5.56 Å². The predicted molar refractivity (Wildman–Crippen MR) is 94.0 cm³/mol.